The van der Waals surface area contributed by atoms with Crippen molar-refractivity contribution in [3.8, 4) is 17.1 Å². The highest BCUT2D eigenvalue weighted by Crippen LogP contribution is 2.46. The van der Waals surface area contributed by atoms with E-state index in [2.05, 4.69) is 37.3 Å². The highest BCUT2D eigenvalue weighted by Gasteiger charge is 2.62. The zero-order chi connectivity index (χ0) is 37.4. The van der Waals surface area contributed by atoms with E-state index in [1.54, 1.807) is 52.1 Å². The van der Waals surface area contributed by atoms with Crippen LogP contribution in [0.25, 0.3) is 11.4 Å². The first-order valence-electron chi connectivity index (χ1n) is 17.6. The van der Waals surface area contributed by atoms with Crippen LogP contribution in [0, 0.1) is 5.92 Å². The Bertz CT molecular complexity index is 1810. The average Bonchev–Trinajstić information content (AvgIpc) is 3.98. The number of methoxy groups -OCH3 is 1. The highest BCUT2D eigenvalue weighted by molar-refractivity contribution is 7.91. The number of nitrogens with zero attached hydrogens (tertiary/aromatic N) is 5. The quantitative estimate of drug-likeness (QED) is 0.281. The Balaban J connectivity index is 1.28. The summed E-state index contributed by atoms with van der Waals surface area (Å²) in [5.41, 5.74) is -1.72. The minimum Gasteiger partial charge on any atom is -0.497 e. The molecule has 4 amide bonds. The van der Waals surface area contributed by atoms with Gasteiger partial charge in [-0.3, -0.25) is 19.1 Å². The summed E-state index contributed by atoms with van der Waals surface area (Å²) in [7, 11) is -2.34. The third-order valence-electron chi connectivity index (χ3n) is 9.84. The zero-order valence-corrected chi connectivity index (χ0v) is 30.6. The van der Waals surface area contributed by atoms with Crippen LogP contribution in [0.1, 0.15) is 78.6 Å². The van der Waals surface area contributed by atoms with E-state index in [0.717, 1.165) is 11.4 Å². The number of fused-ring (bicyclic) bond motifs is 1. The maximum Gasteiger partial charge on any atom is 0.408 e. The maximum absolute atomic E-state index is 14.5. The fourth-order valence-electron chi connectivity index (χ4n) is 6.90. The molecule has 1 aromatic heterocycles. The minimum atomic E-state index is -3.90. The largest absolute Gasteiger partial charge is 0.497 e. The second kappa shape index (κ2) is 14.4. The molecule has 0 radical (unpaired) electrons. The average molecular weight is 743 g/mol. The first kappa shape index (κ1) is 37.0. The maximum atomic E-state index is 14.5. The first-order valence-corrected chi connectivity index (χ1v) is 19.1. The molecular weight excluding hydrogens is 696 g/mol. The van der Waals surface area contributed by atoms with E-state index in [-0.39, 0.29) is 18.7 Å². The van der Waals surface area contributed by atoms with Crippen molar-refractivity contribution in [2.45, 2.75) is 119 Å². The van der Waals surface area contributed by atoms with E-state index in [0.29, 0.717) is 49.8 Å². The van der Waals surface area contributed by atoms with E-state index in [1.165, 1.54) is 11.0 Å². The second-order valence-electron chi connectivity index (χ2n) is 14.8. The Hall–Kier alpha value is -4.74. The molecule has 52 heavy (non-hydrogen) atoms. The Morgan fingerprint density at radius 3 is 2.40 bits per heavy atom. The second-order valence-corrected chi connectivity index (χ2v) is 16.8. The molecule has 2 saturated heterocycles. The van der Waals surface area contributed by atoms with E-state index >= 15 is 0 Å². The van der Waals surface area contributed by atoms with Crippen molar-refractivity contribution >= 4 is 33.8 Å². The van der Waals surface area contributed by atoms with Gasteiger partial charge in [-0.25, -0.2) is 13.2 Å². The van der Waals surface area contributed by atoms with E-state index < -0.39 is 80.4 Å². The van der Waals surface area contributed by atoms with Crippen LogP contribution in [-0.2, 0) is 29.1 Å². The number of rotatable bonds is 11. The molecule has 2 aliphatic heterocycles. The first-order chi connectivity index (χ1) is 24.6. The van der Waals surface area contributed by atoms with Crippen LogP contribution >= 0.6 is 0 Å². The van der Waals surface area contributed by atoms with Crippen LogP contribution in [0.15, 0.2) is 36.9 Å². The molecular formula is C34H46N8O9S. The number of carbonyl (C=O) groups is 4. The van der Waals surface area contributed by atoms with Gasteiger partial charge in [-0.05, 0) is 82.4 Å². The van der Waals surface area contributed by atoms with Crippen LogP contribution in [0.5, 0.6) is 5.75 Å². The third kappa shape index (κ3) is 8.00. The molecule has 4 fully saturated rings. The molecule has 0 bridgehead atoms. The van der Waals surface area contributed by atoms with Crippen LogP contribution in [0.2, 0.25) is 0 Å². The lowest BCUT2D eigenvalue weighted by Gasteiger charge is -2.34. The number of tetrazole rings is 1. The molecule has 2 saturated carbocycles. The Morgan fingerprint density at radius 2 is 1.77 bits per heavy atom. The molecule has 18 heteroatoms. The number of benzene rings is 1. The number of ether oxygens (including phenoxy) is 2. The van der Waals surface area contributed by atoms with Gasteiger partial charge in [-0.2, -0.15) is 0 Å². The van der Waals surface area contributed by atoms with Crippen molar-refractivity contribution in [1.82, 2.24) is 40.6 Å². The van der Waals surface area contributed by atoms with Crippen molar-refractivity contribution in [3.05, 3.63) is 36.9 Å². The van der Waals surface area contributed by atoms with Gasteiger partial charge in [0, 0.05) is 22.9 Å². The number of carbonyl (C=O) groups excluding carboxylic acids is 4. The minimum absolute atomic E-state index is 0.0162. The van der Waals surface area contributed by atoms with Crippen molar-refractivity contribution < 1.29 is 41.9 Å². The van der Waals surface area contributed by atoms with Gasteiger partial charge < -0.3 is 29.8 Å². The molecule has 4 aliphatic rings. The van der Waals surface area contributed by atoms with Gasteiger partial charge in [-0.1, -0.05) is 30.4 Å². The molecule has 3 N–H and O–H groups in total. The Labute approximate surface area is 302 Å². The molecule has 0 spiro atoms. The SMILES string of the molecule is C=C[C@@H]1CC1(NC(=O)[C@@H]1C[C@@H](On2nnc(-c3ccc(OC)cc3)n2)C2CCCCCC(NC(=O)OC(C)(C)C)C(=O)N21)C(=O)NS(=O)(=O)C1CC1. The summed E-state index contributed by atoms with van der Waals surface area (Å²) in [6, 6.07) is 4.21. The summed E-state index contributed by atoms with van der Waals surface area (Å²) in [5.74, 6) is -1.63. The number of aromatic nitrogens is 4. The topological polar surface area (TPSA) is 213 Å². The van der Waals surface area contributed by atoms with Crippen molar-refractivity contribution in [3.63, 3.8) is 0 Å². The Kier molecular flexibility index (Phi) is 10.2. The van der Waals surface area contributed by atoms with Gasteiger partial charge in [0.2, 0.25) is 27.7 Å². The van der Waals surface area contributed by atoms with Gasteiger partial charge in [0.25, 0.3) is 5.91 Å². The molecule has 6 atom stereocenters. The summed E-state index contributed by atoms with van der Waals surface area (Å²) in [6.45, 7) is 8.91. The van der Waals surface area contributed by atoms with Gasteiger partial charge in [0.1, 0.15) is 29.0 Å². The van der Waals surface area contributed by atoms with E-state index in [4.69, 9.17) is 14.3 Å². The number of hydrogen-bond donors (Lipinski definition) is 3. The van der Waals surface area contributed by atoms with Crippen LogP contribution < -0.4 is 24.9 Å². The fraction of sp³-hybridized carbons (Fsp3) is 0.618. The molecule has 1 aromatic carbocycles. The molecule has 3 heterocycles. The predicted molar refractivity (Wildman–Crippen MR) is 185 cm³/mol. The summed E-state index contributed by atoms with van der Waals surface area (Å²) >= 11 is 0. The molecule has 3 unspecified atom stereocenters. The lowest BCUT2D eigenvalue weighted by molar-refractivity contribution is -0.143. The third-order valence-corrected chi connectivity index (χ3v) is 11.7. The normalized spacial score (nSPS) is 27.6. The monoisotopic (exact) mass is 742 g/mol. The lowest BCUT2D eigenvalue weighted by atomic mass is 10.0. The summed E-state index contributed by atoms with van der Waals surface area (Å²) in [4.78, 5) is 63.8. The number of amides is 4. The van der Waals surface area contributed by atoms with Crippen LogP contribution in [0.3, 0.4) is 0 Å². The van der Waals surface area contributed by atoms with Gasteiger partial charge in [0.05, 0.1) is 18.4 Å². The fourth-order valence-corrected chi connectivity index (χ4v) is 8.26. The van der Waals surface area contributed by atoms with Gasteiger partial charge in [-0.15, -0.1) is 11.7 Å². The smallest absolute Gasteiger partial charge is 0.408 e. The summed E-state index contributed by atoms with van der Waals surface area (Å²) in [5, 5.41) is 17.4. The standard InChI is InChI=1S/C34H46N8O9S/c1-6-21-19-34(21,31(45)39-52(47,48)23-16-17-23)36-29(43)26-18-27(51-42-38-28(37-40-42)20-12-14-22(49-5)15-13-20)25-11-9-7-8-10-24(30(44)41(25)26)35-32(46)50-33(2,3)4/h6,12-15,21,23-27H,1,7-11,16-19H2,2-5H3,(H,35,46)(H,36,43)(H,39,45)/t21-,24?,25?,26+,27-,34?/m1/s1. The van der Waals surface area contributed by atoms with Gasteiger partial charge >= 0.3 is 6.09 Å². The number of sulfonamides is 1. The van der Waals surface area contributed by atoms with Crippen LogP contribution in [-0.4, -0.2) is 105 Å². The molecule has 282 valence electrons. The zero-order valence-electron chi connectivity index (χ0n) is 29.7. The summed E-state index contributed by atoms with van der Waals surface area (Å²) in [6.07, 6.45) is 3.78. The van der Waals surface area contributed by atoms with E-state index in [1.807, 2.05) is 0 Å². The van der Waals surface area contributed by atoms with Crippen LogP contribution in [0.4, 0.5) is 4.79 Å². The number of alkyl carbamates (subject to hydrolysis) is 1. The van der Waals surface area contributed by atoms with Crippen molar-refractivity contribution in [2.24, 2.45) is 5.92 Å². The molecule has 2 aliphatic carbocycles. The molecule has 6 rings (SSSR count). The summed E-state index contributed by atoms with van der Waals surface area (Å²) < 4.78 is 38.2. The predicted octanol–water partition coefficient (Wildman–Crippen LogP) is 1.64. The molecule has 17 nitrogen and oxygen atoms in total. The lowest BCUT2D eigenvalue weighted by Crippen LogP contribution is -2.59. The van der Waals surface area contributed by atoms with Crippen molar-refractivity contribution in [2.75, 3.05) is 7.11 Å². The van der Waals surface area contributed by atoms with E-state index in [9.17, 15) is 27.6 Å². The Morgan fingerprint density at radius 1 is 1.06 bits per heavy atom. The number of hydrogen-bond acceptors (Lipinski definition) is 12. The number of nitrogens with one attached hydrogen (secondary N) is 3. The van der Waals surface area contributed by atoms with Crippen molar-refractivity contribution in [1.29, 1.82) is 0 Å². The van der Waals surface area contributed by atoms with Gasteiger partial charge in [0.15, 0.2) is 6.10 Å². The molecule has 2 aromatic rings. The highest BCUT2D eigenvalue weighted by atomic mass is 32.2.